The lowest BCUT2D eigenvalue weighted by Gasteiger charge is -2.11. The lowest BCUT2D eigenvalue weighted by atomic mass is 10.4. The molecule has 0 aliphatic heterocycles. The molecular formula is C9H16ClN3O. The Labute approximate surface area is 89.2 Å². The van der Waals surface area contributed by atoms with Crippen molar-refractivity contribution in [2.45, 2.75) is 19.6 Å². The van der Waals surface area contributed by atoms with Crippen LogP contribution in [0.2, 0.25) is 5.15 Å². The van der Waals surface area contributed by atoms with Crippen LogP contribution in [0.15, 0.2) is 6.20 Å². The molecule has 0 aliphatic carbocycles. The molecule has 0 aromatic carbocycles. The van der Waals surface area contributed by atoms with Crippen molar-refractivity contribution in [3.8, 4) is 0 Å². The van der Waals surface area contributed by atoms with Crippen molar-refractivity contribution in [2.24, 2.45) is 7.05 Å². The minimum absolute atomic E-state index is 0.176. The summed E-state index contributed by atoms with van der Waals surface area (Å²) in [4.78, 5) is 4.13. The highest BCUT2D eigenvalue weighted by molar-refractivity contribution is 6.29. The van der Waals surface area contributed by atoms with E-state index in [1.165, 1.54) is 0 Å². The number of nitrogens with zero attached hydrogens (tertiary/aromatic N) is 2. The summed E-state index contributed by atoms with van der Waals surface area (Å²) in [6, 6.07) is 0. The van der Waals surface area contributed by atoms with Crippen molar-refractivity contribution in [3.63, 3.8) is 0 Å². The summed E-state index contributed by atoms with van der Waals surface area (Å²) in [5.41, 5.74) is 0. The van der Waals surface area contributed by atoms with Crippen LogP contribution < -0.4 is 5.32 Å². The number of nitrogens with one attached hydrogen (secondary N) is 1. The maximum Gasteiger partial charge on any atom is 0.135 e. The first-order valence-corrected chi connectivity index (χ1v) is 4.95. The molecule has 0 amide bonds. The van der Waals surface area contributed by atoms with Crippen LogP contribution in [0.4, 0.5) is 0 Å². The molecule has 1 heterocycles. The zero-order valence-electron chi connectivity index (χ0n) is 8.75. The first-order chi connectivity index (χ1) is 6.65. The van der Waals surface area contributed by atoms with Crippen LogP contribution >= 0.6 is 11.6 Å². The molecule has 0 spiro atoms. The fourth-order valence-electron chi connectivity index (χ4n) is 1.12. The monoisotopic (exact) mass is 217 g/mol. The second-order valence-electron chi connectivity index (χ2n) is 3.24. The zero-order valence-corrected chi connectivity index (χ0v) is 9.51. The van der Waals surface area contributed by atoms with E-state index in [2.05, 4.69) is 10.3 Å². The smallest absolute Gasteiger partial charge is 0.135 e. The molecule has 0 radical (unpaired) electrons. The second-order valence-corrected chi connectivity index (χ2v) is 3.62. The average molecular weight is 218 g/mol. The molecule has 1 unspecified atom stereocenters. The van der Waals surface area contributed by atoms with Crippen LogP contribution in [0.3, 0.4) is 0 Å². The van der Waals surface area contributed by atoms with Gasteiger partial charge >= 0.3 is 0 Å². The molecule has 14 heavy (non-hydrogen) atoms. The van der Waals surface area contributed by atoms with Gasteiger partial charge in [0.2, 0.25) is 0 Å². The number of halogens is 1. The number of aromatic nitrogens is 2. The van der Waals surface area contributed by atoms with Crippen LogP contribution in [-0.2, 0) is 18.4 Å². The van der Waals surface area contributed by atoms with Gasteiger partial charge in [0.15, 0.2) is 0 Å². The summed E-state index contributed by atoms with van der Waals surface area (Å²) >= 11 is 5.84. The van der Waals surface area contributed by atoms with E-state index in [1.54, 1.807) is 6.20 Å². The van der Waals surface area contributed by atoms with Gasteiger partial charge in [0.25, 0.3) is 0 Å². The zero-order chi connectivity index (χ0) is 10.6. The van der Waals surface area contributed by atoms with Crippen molar-refractivity contribution < 1.29 is 4.74 Å². The van der Waals surface area contributed by atoms with Crippen molar-refractivity contribution >= 4 is 11.6 Å². The molecule has 0 saturated heterocycles. The normalized spacial score (nSPS) is 13.1. The van der Waals surface area contributed by atoms with E-state index in [-0.39, 0.29) is 6.10 Å². The molecular weight excluding hydrogens is 202 g/mol. The Kier molecular flexibility index (Phi) is 4.38. The SMILES string of the molecule is CNCC(C)OCc1ncc(Cl)n1C. The van der Waals surface area contributed by atoms with Crippen molar-refractivity contribution in [1.82, 2.24) is 14.9 Å². The molecule has 1 aromatic heterocycles. The molecule has 1 N–H and O–H groups in total. The van der Waals surface area contributed by atoms with Gasteiger partial charge in [-0.3, -0.25) is 0 Å². The summed E-state index contributed by atoms with van der Waals surface area (Å²) in [6.45, 7) is 3.34. The Bertz CT molecular complexity index is 288. The van der Waals surface area contributed by atoms with E-state index >= 15 is 0 Å². The predicted molar refractivity (Wildman–Crippen MR) is 56.4 cm³/mol. The Hall–Kier alpha value is -0.580. The van der Waals surface area contributed by atoms with Crippen molar-refractivity contribution in [3.05, 3.63) is 17.2 Å². The fourth-order valence-corrected chi connectivity index (χ4v) is 1.27. The maximum absolute atomic E-state index is 5.84. The number of imidazole rings is 1. The maximum atomic E-state index is 5.84. The molecule has 0 bridgehead atoms. The molecule has 80 valence electrons. The second kappa shape index (κ2) is 5.34. The molecule has 0 fully saturated rings. The highest BCUT2D eigenvalue weighted by Gasteiger charge is 2.06. The summed E-state index contributed by atoms with van der Waals surface area (Å²) in [7, 11) is 3.77. The van der Waals surface area contributed by atoms with Gasteiger partial charge in [0, 0.05) is 13.6 Å². The Balaban J connectivity index is 2.41. The number of hydrogen-bond donors (Lipinski definition) is 1. The van der Waals surface area contributed by atoms with Gasteiger partial charge in [-0.05, 0) is 14.0 Å². The third kappa shape index (κ3) is 2.97. The van der Waals surface area contributed by atoms with Crippen molar-refractivity contribution in [2.75, 3.05) is 13.6 Å². The van der Waals surface area contributed by atoms with Gasteiger partial charge in [-0.25, -0.2) is 4.98 Å². The molecule has 1 rings (SSSR count). The quantitative estimate of drug-likeness (QED) is 0.806. The van der Waals surface area contributed by atoms with E-state index in [4.69, 9.17) is 16.3 Å². The number of likely N-dealkylation sites (N-methyl/N-ethyl adjacent to an activating group) is 1. The summed E-state index contributed by atoms with van der Waals surface area (Å²) in [5, 5.41) is 3.67. The van der Waals surface area contributed by atoms with Gasteiger partial charge in [0.1, 0.15) is 17.6 Å². The van der Waals surface area contributed by atoms with E-state index in [0.717, 1.165) is 12.4 Å². The molecule has 1 atom stereocenters. The summed E-state index contributed by atoms with van der Waals surface area (Å²) in [5.74, 6) is 0.845. The largest absolute Gasteiger partial charge is 0.369 e. The first kappa shape index (κ1) is 11.5. The first-order valence-electron chi connectivity index (χ1n) is 4.57. The van der Waals surface area contributed by atoms with Gasteiger partial charge < -0.3 is 14.6 Å². The average Bonchev–Trinajstić information content (AvgIpc) is 2.46. The number of ether oxygens (including phenoxy) is 1. The molecule has 0 aliphatic rings. The number of hydrogen-bond acceptors (Lipinski definition) is 3. The van der Waals surface area contributed by atoms with E-state index in [0.29, 0.717) is 11.8 Å². The highest BCUT2D eigenvalue weighted by Crippen LogP contribution is 2.10. The van der Waals surface area contributed by atoms with Crippen LogP contribution in [-0.4, -0.2) is 29.2 Å². The van der Waals surface area contributed by atoms with Crippen LogP contribution in [0.5, 0.6) is 0 Å². The lowest BCUT2D eigenvalue weighted by molar-refractivity contribution is 0.0491. The minimum atomic E-state index is 0.176. The van der Waals surface area contributed by atoms with E-state index in [9.17, 15) is 0 Å². The lowest BCUT2D eigenvalue weighted by Crippen LogP contribution is -2.23. The minimum Gasteiger partial charge on any atom is -0.369 e. The summed E-state index contributed by atoms with van der Waals surface area (Å²) < 4.78 is 7.37. The molecule has 5 heteroatoms. The van der Waals surface area contributed by atoms with Gasteiger partial charge in [-0.15, -0.1) is 0 Å². The molecule has 0 saturated carbocycles. The molecule has 1 aromatic rings. The van der Waals surface area contributed by atoms with Crippen molar-refractivity contribution in [1.29, 1.82) is 0 Å². The van der Waals surface area contributed by atoms with Crippen LogP contribution in [0, 0.1) is 0 Å². The molecule has 4 nitrogen and oxygen atoms in total. The van der Waals surface area contributed by atoms with Crippen LogP contribution in [0.25, 0.3) is 0 Å². The highest BCUT2D eigenvalue weighted by atomic mass is 35.5. The number of rotatable bonds is 5. The Morgan fingerprint density at radius 3 is 2.93 bits per heavy atom. The topological polar surface area (TPSA) is 39.1 Å². The Morgan fingerprint density at radius 2 is 2.43 bits per heavy atom. The standard InChI is InChI=1S/C9H16ClN3O/c1-7(4-11-2)14-6-9-12-5-8(10)13(9)3/h5,7,11H,4,6H2,1-3H3. The third-order valence-electron chi connectivity index (χ3n) is 2.02. The van der Waals surface area contributed by atoms with E-state index in [1.807, 2.05) is 25.6 Å². The summed E-state index contributed by atoms with van der Waals surface area (Å²) in [6.07, 6.45) is 1.80. The van der Waals surface area contributed by atoms with Gasteiger partial charge in [-0.2, -0.15) is 0 Å². The van der Waals surface area contributed by atoms with E-state index < -0.39 is 0 Å². The van der Waals surface area contributed by atoms with Crippen LogP contribution in [0.1, 0.15) is 12.7 Å². The van der Waals surface area contributed by atoms with Gasteiger partial charge in [0.05, 0.1) is 12.3 Å². The Morgan fingerprint density at radius 1 is 1.71 bits per heavy atom. The van der Waals surface area contributed by atoms with Gasteiger partial charge in [-0.1, -0.05) is 11.6 Å². The predicted octanol–water partition coefficient (Wildman–Crippen LogP) is 1.20. The fraction of sp³-hybridized carbons (Fsp3) is 0.667. The third-order valence-corrected chi connectivity index (χ3v) is 2.37.